The lowest BCUT2D eigenvalue weighted by atomic mass is 10.2. The van der Waals surface area contributed by atoms with Gasteiger partial charge in [0.15, 0.2) is 11.6 Å². The van der Waals surface area contributed by atoms with Gasteiger partial charge in [0.2, 0.25) is 5.16 Å². The van der Waals surface area contributed by atoms with Crippen molar-refractivity contribution in [2.45, 2.75) is 32.0 Å². The van der Waals surface area contributed by atoms with Crippen molar-refractivity contribution in [1.82, 2.24) is 19.7 Å². The smallest absolute Gasteiger partial charge is 0.307 e. The molecule has 0 saturated heterocycles. The van der Waals surface area contributed by atoms with Gasteiger partial charge in [-0.3, -0.25) is 14.7 Å². The summed E-state index contributed by atoms with van der Waals surface area (Å²) in [5, 5.41) is 9.59. The second-order valence-electron chi connectivity index (χ2n) is 5.92. The zero-order valence-corrected chi connectivity index (χ0v) is 16.9. The van der Waals surface area contributed by atoms with Gasteiger partial charge in [0.25, 0.3) is 0 Å². The molecule has 0 aromatic carbocycles. The fraction of sp³-hybridized carbons (Fsp3) is 0.333. The van der Waals surface area contributed by atoms with E-state index in [0.29, 0.717) is 23.1 Å². The molecule has 0 atom stereocenters. The van der Waals surface area contributed by atoms with Gasteiger partial charge in [-0.05, 0) is 31.4 Å². The van der Waals surface area contributed by atoms with Gasteiger partial charge < -0.3 is 9.30 Å². The van der Waals surface area contributed by atoms with E-state index in [1.165, 1.54) is 18.9 Å². The van der Waals surface area contributed by atoms with Crippen LogP contribution in [0.3, 0.4) is 0 Å². The lowest BCUT2D eigenvalue weighted by molar-refractivity contribution is -0.140. The van der Waals surface area contributed by atoms with E-state index in [1.54, 1.807) is 11.3 Å². The van der Waals surface area contributed by atoms with Crippen LogP contribution in [0, 0.1) is 13.8 Å². The second-order valence-corrected chi connectivity index (χ2v) is 7.81. The first-order valence-electron chi connectivity index (χ1n) is 8.35. The molecule has 0 bridgehead atoms. The monoisotopic (exact) mass is 404 g/mol. The zero-order valence-electron chi connectivity index (χ0n) is 15.3. The standard InChI is InChI=1S/C18H20N4O3S2/c1-11-9-13(12(2)22(11)7-6-16(24)25-3)14(23)10-27-18-19-17(20-21-18)15-5-4-8-26-15/h4-5,8-9H,6-7,10H2,1-3H3,(H,19,20,21). The number of ketones is 1. The SMILES string of the molecule is COC(=O)CCn1c(C)cc(C(=O)CSc2n[nH]c(-c3cccs3)n2)c1C. The number of aromatic amines is 1. The molecule has 3 aromatic heterocycles. The van der Waals surface area contributed by atoms with E-state index in [1.807, 2.05) is 42.0 Å². The third-order valence-corrected chi connectivity index (χ3v) is 5.92. The molecule has 9 heteroatoms. The lowest BCUT2D eigenvalue weighted by Crippen LogP contribution is -2.10. The summed E-state index contributed by atoms with van der Waals surface area (Å²) >= 11 is 2.88. The lowest BCUT2D eigenvalue weighted by Gasteiger charge is -2.08. The molecule has 3 aromatic rings. The molecule has 7 nitrogen and oxygen atoms in total. The fourth-order valence-corrected chi connectivity index (χ4v) is 4.12. The third kappa shape index (κ3) is 4.48. The topological polar surface area (TPSA) is 89.9 Å². The van der Waals surface area contributed by atoms with E-state index in [4.69, 9.17) is 0 Å². The molecule has 0 unspecified atom stereocenters. The molecule has 0 aliphatic heterocycles. The summed E-state index contributed by atoms with van der Waals surface area (Å²) < 4.78 is 6.65. The molecule has 0 saturated carbocycles. The largest absolute Gasteiger partial charge is 0.469 e. The summed E-state index contributed by atoms with van der Waals surface area (Å²) in [5.41, 5.74) is 2.47. The molecule has 3 heterocycles. The average Bonchev–Trinajstić information content (AvgIpc) is 3.39. The maximum atomic E-state index is 12.6. The third-order valence-electron chi connectivity index (χ3n) is 4.19. The van der Waals surface area contributed by atoms with E-state index in [0.717, 1.165) is 16.3 Å². The Morgan fingerprint density at radius 1 is 1.37 bits per heavy atom. The normalized spacial score (nSPS) is 10.9. The number of esters is 1. The predicted molar refractivity (Wildman–Crippen MR) is 105 cm³/mol. The van der Waals surface area contributed by atoms with Crippen LogP contribution in [0.5, 0.6) is 0 Å². The Morgan fingerprint density at radius 3 is 2.89 bits per heavy atom. The van der Waals surface area contributed by atoms with Gasteiger partial charge in [-0.2, -0.15) is 0 Å². The number of thiophene rings is 1. The van der Waals surface area contributed by atoms with Crippen molar-refractivity contribution >= 4 is 34.9 Å². The van der Waals surface area contributed by atoms with Crippen LogP contribution in [-0.2, 0) is 16.1 Å². The Hall–Kier alpha value is -2.39. The number of thioether (sulfide) groups is 1. The minimum Gasteiger partial charge on any atom is -0.469 e. The highest BCUT2D eigenvalue weighted by Gasteiger charge is 2.17. The molecule has 0 aliphatic rings. The van der Waals surface area contributed by atoms with Gasteiger partial charge in [-0.25, -0.2) is 4.98 Å². The number of carbonyl (C=O) groups excluding carboxylic acids is 2. The van der Waals surface area contributed by atoms with Crippen molar-refractivity contribution in [3.8, 4) is 10.7 Å². The molecule has 27 heavy (non-hydrogen) atoms. The van der Waals surface area contributed by atoms with Crippen LogP contribution in [0.4, 0.5) is 0 Å². The Bertz CT molecular complexity index is 944. The Labute approximate surface area is 165 Å². The van der Waals surface area contributed by atoms with Crippen molar-refractivity contribution in [3.63, 3.8) is 0 Å². The summed E-state index contributed by atoms with van der Waals surface area (Å²) in [6.45, 7) is 4.32. The number of H-pyrrole nitrogens is 1. The van der Waals surface area contributed by atoms with Crippen LogP contribution in [0.2, 0.25) is 0 Å². The van der Waals surface area contributed by atoms with Crippen LogP contribution in [0.15, 0.2) is 28.7 Å². The number of hydrogen-bond acceptors (Lipinski definition) is 7. The fourth-order valence-electron chi connectivity index (χ4n) is 2.77. The number of nitrogens with one attached hydrogen (secondary N) is 1. The molecule has 0 spiro atoms. The Morgan fingerprint density at radius 2 is 2.19 bits per heavy atom. The molecule has 0 fully saturated rings. The molecular weight excluding hydrogens is 384 g/mol. The predicted octanol–water partition coefficient (Wildman–Crippen LogP) is 3.49. The van der Waals surface area contributed by atoms with E-state index >= 15 is 0 Å². The summed E-state index contributed by atoms with van der Waals surface area (Å²) in [4.78, 5) is 29.4. The summed E-state index contributed by atoms with van der Waals surface area (Å²) in [5.74, 6) is 0.709. The first kappa shape index (κ1) is 19.4. The van der Waals surface area contributed by atoms with Gasteiger partial charge in [-0.1, -0.05) is 17.8 Å². The van der Waals surface area contributed by atoms with E-state index < -0.39 is 0 Å². The van der Waals surface area contributed by atoms with Gasteiger partial charge >= 0.3 is 5.97 Å². The van der Waals surface area contributed by atoms with E-state index in [9.17, 15) is 9.59 Å². The number of nitrogens with zero attached hydrogens (tertiary/aromatic N) is 3. The molecule has 0 amide bonds. The van der Waals surface area contributed by atoms with Crippen molar-refractivity contribution in [2.24, 2.45) is 0 Å². The Balaban J connectivity index is 1.64. The summed E-state index contributed by atoms with van der Waals surface area (Å²) in [6, 6.07) is 5.79. The van der Waals surface area contributed by atoms with Gasteiger partial charge in [-0.15, -0.1) is 16.4 Å². The number of methoxy groups -OCH3 is 1. The maximum Gasteiger partial charge on any atom is 0.307 e. The number of rotatable bonds is 8. The van der Waals surface area contributed by atoms with E-state index in [2.05, 4.69) is 19.9 Å². The van der Waals surface area contributed by atoms with Crippen LogP contribution in [0.25, 0.3) is 10.7 Å². The van der Waals surface area contributed by atoms with Gasteiger partial charge in [0, 0.05) is 23.5 Å². The number of aryl methyl sites for hydroxylation is 1. The van der Waals surface area contributed by atoms with Crippen LogP contribution >= 0.6 is 23.1 Å². The highest BCUT2D eigenvalue weighted by molar-refractivity contribution is 7.99. The second kappa shape index (κ2) is 8.53. The quantitative estimate of drug-likeness (QED) is 0.351. The Kier molecular flexibility index (Phi) is 6.12. The zero-order chi connectivity index (χ0) is 19.4. The highest BCUT2D eigenvalue weighted by Crippen LogP contribution is 2.24. The van der Waals surface area contributed by atoms with Crippen LogP contribution in [0.1, 0.15) is 28.2 Å². The molecule has 3 rings (SSSR count). The van der Waals surface area contributed by atoms with Crippen LogP contribution in [-0.4, -0.2) is 44.4 Å². The first-order valence-corrected chi connectivity index (χ1v) is 10.2. The molecule has 1 N–H and O–H groups in total. The first-order chi connectivity index (χ1) is 13.0. The van der Waals surface area contributed by atoms with Crippen LogP contribution < -0.4 is 0 Å². The number of aromatic nitrogens is 4. The molecule has 0 radical (unpaired) electrons. The molecule has 0 aliphatic carbocycles. The van der Waals surface area contributed by atoms with Crippen molar-refractivity contribution in [3.05, 3.63) is 40.5 Å². The number of hydrogen-bond donors (Lipinski definition) is 1. The van der Waals surface area contributed by atoms with Crippen molar-refractivity contribution < 1.29 is 14.3 Å². The molecular formula is C18H20N4O3S2. The number of carbonyl (C=O) groups is 2. The average molecular weight is 405 g/mol. The number of Topliss-reactive ketones (excluding diaryl/α,β-unsaturated/α-hetero) is 1. The van der Waals surface area contributed by atoms with Gasteiger partial charge in [0.1, 0.15) is 0 Å². The van der Waals surface area contributed by atoms with Crippen molar-refractivity contribution in [1.29, 1.82) is 0 Å². The minimum absolute atomic E-state index is 0.0138. The minimum atomic E-state index is -0.267. The van der Waals surface area contributed by atoms with Crippen molar-refractivity contribution in [2.75, 3.05) is 12.9 Å². The van der Waals surface area contributed by atoms with Gasteiger partial charge in [0.05, 0.1) is 24.2 Å². The maximum absolute atomic E-state index is 12.6. The summed E-state index contributed by atoms with van der Waals surface area (Å²) in [7, 11) is 1.37. The molecule has 142 valence electrons. The highest BCUT2D eigenvalue weighted by atomic mass is 32.2. The summed E-state index contributed by atoms with van der Waals surface area (Å²) in [6.07, 6.45) is 0.276. The number of ether oxygens (including phenoxy) is 1. The van der Waals surface area contributed by atoms with E-state index in [-0.39, 0.29) is 23.9 Å².